The Morgan fingerprint density at radius 2 is 1.78 bits per heavy atom. The number of rotatable bonds is 4. The number of aromatic nitrogens is 1. The lowest BCUT2D eigenvalue weighted by Crippen LogP contribution is -2.38. The molecule has 0 unspecified atom stereocenters. The van der Waals surface area contributed by atoms with Crippen molar-refractivity contribution in [3.05, 3.63) is 52.8 Å². The van der Waals surface area contributed by atoms with Gasteiger partial charge in [-0.05, 0) is 55.2 Å². The van der Waals surface area contributed by atoms with E-state index in [9.17, 15) is 9.59 Å². The number of hydrogen-bond donors (Lipinski definition) is 1. The van der Waals surface area contributed by atoms with Gasteiger partial charge in [0.15, 0.2) is 0 Å². The van der Waals surface area contributed by atoms with Crippen LogP contribution in [0.25, 0.3) is 0 Å². The van der Waals surface area contributed by atoms with Gasteiger partial charge in [0.25, 0.3) is 5.91 Å². The number of benzene rings is 1. The van der Waals surface area contributed by atoms with Gasteiger partial charge in [0.1, 0.15) is 11.4 Å². The molecule has 27 heavy (non-hydrogen) atoms. The van der Waals surface area contributed by atoms with E-state index in [1.165, 1.54) is 0 Å². The van der Waals surface area contributed by atoms with Gasteiger partial charge in [-0.15, -0.1) is 0 Å². The van der Waals surface area contributed by atoms with E-state index in [1.54, 1.807) is 19.4 Å². The summed E-state index contributed by atoms with van der Waals surface area (Å²) in [6.45, 7) is 6.52. The fourth-order valence-electron chi connectivity index (χ4n) is 3.54. The van der Waals surface area contributed by atoms with Crippen LogP contribution in [-0.4, -0.2) is 59.9 Å². The first-order valence-electron chi connectivity index (χ1n) is 9.34. The lowest BCUT2D eigenvalue weighted by molar-refractivity contribution is -0.130. The average molecular weight is 369 g/mol. The molecule has 1 aliphatic heterocycles. The van der Waals surface area contributed by atoms with Gasteiger partial charge in [-0.25, -0.2) is 0 Å². The summed E-state index contributed by atoms with van der Waals surface area (Å²) in [5.41, 5.74) is 3.79. The first-order chi connectivity index (χ1) is 13.0. The molecule has 0 atom stereocenters. The maximum atomic E-state index is 12.8. The zero-order valence-electron chi connectivity index (χ0n) is 16.2. The summed E-state index contributed by atoms with van der Waals surface area (Å²) in [6, 6.07) is 7.49. The zero-order chi connectivity index (χ0) is 19.4. The first-order valence-corrected chi connectivity index (χ1v) is 9.34. The number of aromatic amines is 1. The molecule has 0 bridgehead atoms. The summed E-state index contributed by atoms with van der Waals surface area (Å²) in [6.07, 6.45) is 2.92. The molecule has 1 aromatic heterocycles. The van der Waals surface area contributed by atoms with Gasteiger partial charge < -0.3 is 19.5 Å². The van der Waals surface area contributed by atoms with Gasteiger partial charge in [0.05, 0.1) is 13.5 Å². The van der Waals surface area contributed by atoms with E-state index in [4.69, 9.17) is 4.74 Å². The van der Waals surface area contributed by atoms with Crippen LogP contribution < -0.4 is 4.74 Å². The number of amides is 2. The zero-order valence-corrected chi connectivity index (χ0v) is 16.2. The number of ether oxygens (including phenoxy) is 1. The average Bonchev–Trinajstić information content (AvgIpc) is 3.09. The van der Waals surface area contributed by atoms with Gasteiger partial charge in [0, 0.05) is 32.4 Å². The molecular weight excluding hydrogens is 342 g/mol. The minimum absolute atomic E-state index is 0.00378. The Kier molecular flexibility index (Phi) is 5.84. The fourth-order valence-corrected chi connectivity index (χ4v) is 3.54. The molecule has 6 nitrogen and oxygen atoms in total. The monoisotopic (exact) mass is 369 g/mol. The maximum absolute atomic E-state index is 12.8. The molecule has 6 heteroatoms. The molecule has 0 spiro atoms. The summed E-state index contributed by atoms with van der Waals surface area (Å²) in [4.78, 5) is 32.0. The quantitative estimate of drug-likeness (QED) is 0.901. The van der Waals surface area contributed by atoms with Crippen molar-refractivity contribution >= 4 is 11.8 Å². The fraction of sp³-hybridized carbons (Fsp3) is 0.429. The Hall–Kier alpha value is -2.76. The van der Waals surface area contributed by atoms with Gasteiger partial charge in [-0.1, -0.05) is 6.07 Å². The van der Waals surface area contributed by atoms with Crippen molar-refractivity contribution in [1.82, 2.24) is 14.8 Å². The van der Waals surface area contributed by atoms with Crippen molar-refractivity contribution in [2.45, 2.75) is 26.7 Å². The van der Waals surface area contributed by atoms with Gasteiger partial charge in [-0.2, -0.15) is 0 Å². The number of methoxy groups -OCH3 is 1. The second-order valence-corrected chi connectivity index (χ2v) is 6.96. The third-order valence-electron chi connectivity index (χ3n) is 5.38. The van der Waals surface area contributed by atoms with Crippen LogP contribution in [0, 0.1) is 13.8 Å². The molecule has 144 valence electrons. The van der Waals surface area contributed by atoms with Crippen LogP contribution in [0.4, 0.5) is 0 Å². The van der Waals surface area contributed by atoms with Crippen LogP contribution in [0.1, 0.15) is 33.6 Å². The second-order valence-electron chi connectivity index (χ2n) is 6.96. The van der Waals surface area contributed by atoms with E-state index in [2.05, 4.69) is 4.98 Å². The standard InChI is InChI=1S/C21H27N3O3/c1-15-16(2)19(27-3)8-7-17(15)14-20(25)23-10-5-11-24(13-12-23)21(26)18-6-4-9-22-18/h4,6-9,22H,5,10-14H2,1-3H3. The number of H-pyrrole nitrogens is 1. The molecule has 1 fully saturated rings. The van der Waals surface area contributed by atoms with Crippen LogP contribution in [0.15, 0.2) is 30.5 Å². The largest absolute Gasteiger partial charge is 0.496 e. The highest BCUT2D eigenvalue weighted by Gasteiger charge is 2.23. The van der Waals surface area contributed by atoms with Crippen molar-refractivity contribution in [2.24, 2.45) is 0 Å². The summed E-state index contributed by atoms with van der Waals surface area (Å²) in [5.74, 6) is 0.949. The van der Waals surface area contributed by atoms with Crippen molar-refractivity contribution in [3.8, 4) is 5.75 Å². The van der Waals surface area contributed by atoms with Crippen LogP contribution in [0.3, 0.4) is 0 Å². The van der Waals surface area contributed by atoms with E-state index in [-0.39, 0.29) is 11.8 Å². The van der Waals surface area contributed by atoms with Gasteiger partial charge >= 0.3 is 0 Å². The smallest absolute Gasteiger partial charge is 0.270 e. The Morgan fingerprint density at radius 3 is 2.48 bits per heavy atom. The third kappa shape index (κ3) is 4.15. The molecule has 0 radical (unpaired) electrons. The Balaban J connectivity index is 1.63. The SMILES string of the molecule is COc1ccc(CC(=O)N2CCCN(C(=O)c3ccc[nH]3)CC2)c(C)c1C. The van der Waals surface area contributed by atoms with E-state index < -0.39 is 0 Å². The molecule has 2 heterocycles. The van der Waals surface area contributed by atoms with Gasteiger partial charge in [0.2, 0.25) is 5.91 Å². The molecule has 1 aliphatic rings. The molecule has 0 aliphatic carbocycles. The Morgan fingerprint density at radius 1 is 1.04 bits per heavy atom. The normalized spacial score (nSPS) is 14.8. The van der Waals surface area contributed by atoms with Gasteiger partial charge in [-0.3, -0.25) is 9.59 Å². The van der Waals surface area contributed by atoms with E-state index >= 15 is 0 Å². The van der Waals surface area contributed by atoms with Crippen LogP contribution in [-0.2, 0) is 11.2 Å². The van der Waals surface area contributed by atoms with Crippen LogP contribution >= 0.6 is 0 Å². The van der Waals surface area contributed by atoms with Crippen molar-refractivity contribution in [1.29, 1.82) is 0 Å². The number of carbonyl (C=O) groups is 2. The van der Waals surface area contributed by atoms with Crippen molar-refractivity contribution in [3.63, 3.8) is 0 Å². The highest BCUT2D eigenvalue weighted by molar-refractivity contribution is 5.92. The molecule has 3 rings (SSSR count). The van der Waals surface area contributed by atoms with Crippen LogP contribution in [0.5, 0.6) is 5.75 Å². The number of nitrogens with one attached hydrogen (secondary N) is 1. The van der Waals surface area contributed by atoms with E-state index in [0.717, 1.165) is 28.9 Å². The highest BCUT2D eigenvalue weighted by Crippen LogP contribution is 2.24. The second kappa shape index (κ2) is 8.29. The lowest BCUT2D eigenvalue weighted by Gasteiger charge is -2.22. The van der Waals surface area contributed by atoms with E-state index in [0.29, 0.717) is 38.3 Å². The van der Waals surface area contributed by atoms with E-state index in [1.807, 2.05) is 41.8 Å². The molecule has 2 aromatic rings. The minimum Gasteiger partial charge on any atom is -0.496 e. The molecular formula is C21H27N3O3. The predicted molar refractivity (Wildman–Crippen MR) is 104 cm³/mol. The summed E-state index contributed by atoms with van der Waals surface area (Å²) in [5, 5.41) is 0. The molecule has 0 saturated carbocycles. The highest BCUT2D eigenvalue weighted by atomic mass is 16.5. The Bertz CT molecular complexity index is 814. The number of hydrogen-bond acceptors (Lipinski definition) is 3. The summed E-state index contributed by atoms with van der Waals surface area (Å²) in [7, 11) is 1.66. The number of carbonyl (C=O) groups excluding carboxylic acids is 2. The van der Waals surface area contributed by atoms with Crippen molar-refractivity contribution in [2.75, 3.05) is 33.3 Å². The topological polar surface area (TPSA) is 65.6 Å². The third-order valence-corrected chi connectivity index (χ3v) is 5.38. The number of nitrogens with zero attached hydrogens (tertiary/aromatic N) is 2. The Labute approximate surface area is 160 Å². The minimum atomic E-state index is -0.00378. The maximum Gasteiger partial charge on any atom is 0.270 e. The molecule has 1 saturated heterocycles. The summed E-state index contributed by atoms with van der Waals surface area (Å²) >= 11 is 0. The predicted octanol–water partition coefficient (Wildman–Crippen LogP) is 2.56. The van der Waals surface area contributed by atoms with Crippen molar-refractivity contribution < 1.29 is 14.3 Å². The first kappa shape index (κ1) is 19.0. The molecule has 1 aromatic carbocycles. The van der Waals surface area contributed by atoms with Crippen LogP contribution in [0.2, 0.25) is 0 Å². The molecule has 1 N–H and O–H groups in total. The molecule has 2 amide bonds. The lowest BCUT2D eigenvalue weighted by atomic mass is 9.99. The summed E-state index contributed by atoms with van der Waals surface area (Å²) < 4.78 is 5.35.